The number of carbonyl (C=O) groups is 1. The molecule has 3 heterocycles. The fourth-order valence-electron chi connectivity index (χ4n) is 2.80. The average Bonchev–Trinajstić information content (AvgIpc) is 3.34. The Bertz CT molecular complexity index is 923. The minimum absolute atomic E-state index is 0.0135. The van der Waals surface area contributed by atoms with Crippen LogP contribution in [-0.2, 0) is 16.1 Å². The van der Waals surface area contributed by atoms with E-state index < -0.39 is 0 Å². The maximum Gasteiger partial charge on any atom is 0.348 e. The van der Waals surface area contributed by atoms with Crippen LogP contribution in [0.1, 0.15) is 15.4 Å². The van der Waals surface area contributed by atoms with Gasteiger partial charge in [0.15, 0.2) is 0 Å². The Morgan fingerprint density at radius 1 is 1.26 bits per heavy atom. The SMILES string of the molecule is O=C(OCc1nnsc1Cl)c1cc(-c2ccccc2)c(N2CCOCC2)s1. The number of anilines is 1. The molecule has 0 amide bonds. The summed E-state index contributed by atoms with van der Waals surface area (Å²) in [5, 5.41) is 4.93. The molecule has 1 aromatic carbocycles. The molecule has 4 rings (SSSR count). The monoisotopic (exact) mass is 421 g/mol. The lowest BCUT2D eigenvalue weighted by molar-refractivity contribution is 0.0474. The molecule has 6 nitrogen and oxygen atoms in total. The molecule has 1 aliphatic heterocycles. The summed E-state index contributed by atoms with van der Waals surface area (Å²) in [6, 6.07) is 11.9. The zero-order chi connectivity index (χ0) is 18.6. The molecule has 0 N–H and O–H groups in total. The Kier molecular flexibility index (Phi) is 5.68. The van der Waals surface area contributed by atoms with Crippen molar-refractivity contribution in [2.75, 3.05) is 31.2 Å². The summed E-state index contributed by atoms with van der Waals surface area (Å²) in [5.74, 6) is -0.388. The van der Waals surface area contributed by atoms with Gasteiger partial charge in [0.25, 0.3) is 0 Å². The van der Waals surface area contributed by atoms with Gasteiger partial charge in [-0.05, 0) is 11.6 Å². The largest absolute Gasteiger partial charge is 0.455 e. The number of carbonyl (C=O) groups excluding carboxylic acids is 1. The molecule has 1 fully saturated rings. The lowest BCUT2D eigenvalue weighted by atomic mass is 10.1. The van der Waals surface area contributed by atoms with Crippen LogP contribution < -0.4 is 4.90 Å². The Labute approximate surface area is 169 Å². The lowest BCUT2D eigenvalue weighted by Gasteiger charge is -2.28. The van der Waals surface area contributed by atoms with E-state index in [-0.39, 0.29) is 12.6 Å². The average molecular weight is 422 g/mol. The van der Waals surface area contributed by atoms with Crippen LogP contribution in [-0.4, -0.2) is 41.9 Å². The van der Waals surface area contributed by atoms with Crippen LogP contribution in [0.25, 0.3) is 11.1 Å². The van der Waals surface area contributed by atoms with Gasteiger partial charge in [-0.1, -0.05) is 46.4 Å². The van der Waals surface area contributed by atoms with Crippen LogP contribution in [0, 0.1) is 0 Å². The number of thiophene rings is 1. The first-order valence-corrected chi connectivity index (χ1v) is 10.3. The summed E-state index contributed by atoms with van der Waals surface area (Å²) >= 11 is 8.48. The van der Waals surface area contributed by atoms with Gasteiger partial charge in [0.05, 0.1) is 18.2 Å². The Hall–Kier alpha value is -2.00. The summed E-state index contributed by atoms with van der Waals surface area (Å²) in [6.07, 6.45) is 0. The number of hydrogen-bond acceptors (Lipinski definition) is 8. The van der Waals surface area contributed by atoms with E-state index in [9.17, 15) is 4.79 Å². The third kappa shape index (κ3) is 4.14. The smallest absolute Gasteiger partial charge is 0.348 e. The Balaban J connectivity index is 1.60. The molecule has 1 aliphatic rings. The van der Waals surface area contributed by atoms with E-state index in [1.54, 1.807) is 0 Å². The molecule has 0 atom stereocenters. The predicted molar refractivity (Wildman–Crippen MR) is 107 cm³/mol. The van der Waals surface area contributed by atoms with Crippen molar-refractivity contribution < 1.29 is 14.3 Å². The van der Waals surface area contributed by atoms with Crippen LogP contribution >= 0.6 is 34.5 Å². The minimum Gasteiger partial charge on any atom is -0.455 e. The van der Waals surface area contributed by atoms with E-state index >= 15 is 0 Å². The number of rotatable bonds is 5. The number of benzene rings is 1. The lowest BCUT2D eigenvalue weighted by Crippen LogP contribution is -2.35. The molecule has 0 unspecified atom stereocenters. The fraction of sp³-hybridized carbons (Fsp3) is 0.278. The molecular weight excluding hydrogens is 406 g/mol. The third-order valence-corrected chi connectivity index (χ3v) is 6.31. The number of hydrogen-bond donors (Lipinski definition) is 0. The van der Waals surface area contributed by atoms with E-state index in [0.29, 0.717) is 28.1 Å². The number of ether oxygens (including phenoxy) is 2. The number of esters is 1. The van der Waals surface area contributed by atoms with Gasteiger partial charge in [-0.15, -0.1) is 16.4 Å². The van der Waals surface area contributed by atoms with E-state index in [0.717, 1.165) is 40.7 Å². The number of aromatic nitrogens is 2. The highest BCUT2D eigenvalue weighted by Gasteiger charge is 2.23. The molecule has 0 saturated carbocycles. The summed E-state index contributed by atoms with van der Waals surface area (Å²) < 4.78 is 15.0. The Morgan fingerprint density at radius 2 is 2.04 bits per heavy atom. The minimum atomic E-state index is -0.388. The summed E-state index contributed by atoms with van der Waals surface area (Å²) in [6.45, 7) is 2.98. The van der Waals surface area contributed by atoms with Gasteiger partial charge >= 0.3 is 5.97 Å². The van der Waals surface area contributed by atoms with Crippen molar-refractivity contribution in [3.05, 3.63) is 51.3 Å². The summed E-state index contributed by atoms with van der Waals surface area (Å²) in [5.41, 5.74) is 2.58. The normalized spacial score (nSPS) is 14.3. The highest BCUT2D eigenvalue weighted by atomic mass is 35.5. The number of nitrogens with zero attached hydrogens (tertiary/aromatic N) is 3. The van der Waals surface area contributed by atoms with Crippen LogP contribution in [0.3, 0.4) is 0 Å². The second-order valence-corrected chi connectivity index (χ2v) is 8.25. The van der Waals surface area contributed by atoms with Crippen molar-refractivity contribution in [2.24, 2.45) is 0 Å². The Morgan fingerprint density at radius 3 is 2.74 bits per heavy atom. The van der Waals surface area contributed by atoms with Gasteiger partial charge in [0.2, 0.25) is 0 Å². The van der Waals surface area contributed by atoms with Crippen molar-refractivity contribution in [2.45, 2.75) is 6.61 Å². The van der Waals surface area contributed by atoms with Crippen molar-refractivity contribution in [3.8, 4) is 11.1 Å². The zero-order valence-electron chi connectivity index (χ0n) is 14.3. The van der Waals surface area contributed by atoms with Gasteiger partial charge in [-0.3, -0.25) is 0 Å². The maximum atomic E-state index is 12.6. The van der Waals surface area contributed by atoms with Crippen LogP contribution in [0.4, 0.5) is 5.00 Å². The molecule has 0 spiro atoms. The molecule has 27 heavy (non-hydrogen) atoms. The standard InChI is InChI=1S/C18H16ClN3O3S2/c19-16-14(20-21-27-16)11-25-18(23)15-10-13(12-4-2-1-3-5-12)17(26-15)22-6-8-24-9-7-22/h1-5,10H,6-9,11H2. The van der Waals surface area contributed by atoms with Crippen molar-refractivity contribution in [1.82, 2.24) is 9.59 Å². The second-order valence-electron chi connectivity index (χ2n) is 5.86. The molecule has 2 aromatic heterocycles. The van der Waals surface area contributed by atoms with Gasteiger partial charge in [-0.2, -0.15) is 0 Å². The van der Waals surface area contributed by atoms with Crippen molar-refractivity contribution in [1.29, 1.82) is 0 Å². The van der Waals surface area contributed by atoms with Crippen LogP contribution in [0.5, 0.6) is 0 Å². The zero-order valence-corrected chi connectivity index (χ0v) is 16.6. The molecule has 1 saturated heterocycles. The first-order chi connectivity index (χ1) is 13.2. The third-order valence-electron chi connectivity index (χ3n) is 4.15. The molecule has 0 bridgehead atoms. The first kappa shape index (κ1) is 18.4. The van der Waals surface area contributed by atoms with Crippen LogP contribution in [0.15, 0.2) is 36.4 Å². The quantitative estimate of drug-likeness (QED) is 0.577. The molecular formula is C18H16ClN3O3S2. The number of halogens is 1. The van der Waals surface area contributed by atoms with Crippen molar-refractivity contribution >= 4 is 45.4 Å². The molecule has 0 radical (unpaired) electrons. The van der Waals surface area contributed by atoms with Gasteiger partial charge < -0.3 is 14.4 Å². The second kappa shape index (κ2) is 8.35. The van der Waals surface area contributed by atoms with E-state index in [1.165, 1.54) is 11.3 Å². The number of morpholine rings is 1. The van der Waals surface area contributed by atoms with E-state index in [2.05, 4.69) is 14.5 Å². The van der Waals surface area contributed by atoms with E-state index in [4.69, 9.17) is 21.1 Å². The van der Waals surface area contributed by atoms with Gasteiger partial charge in [0, 0.05) is 30.2 Å². The van der Waals surface area contributed by atoms with Crippen molar-refractivity contribution in [3.63, 3.8) is 0 Å². The van der Waals surface area contributed by atoms with E-state index in [1.807, 2.05) is 36.4 Å². The molecule has 3 aromatic rings. The molecule has 140 valence electrons. The maximum absolute atomic E-state index is 12.6. The predicted octanol–water partition coefficient (Wildman–Crippen LogP) is 4.11. The topological polar surface area (TPSA) is 64.5 Å². The molecule has 9 heteroatoms. The van der Waals surface area contributed by atoms with Crippen LogP contribution in [0.2, 0.25) is 4.34 Å². The summed E-state index contributed by atoms with van der Waals surface area (Å²) in [4.78, 5) is 15.4. The fourth-order valence-corrected chi connectivity index (χ4v) is 4.52. The van der Waals surface area contributed by atoms with Gasteiger partial charge in [0.1, 0.15) is 21.5 Å². The molecule has 0 aliphatic carbocycles. The highest BCUT2D eigenvalue weighted by molar-refractivity contribution is 7.18. The summed E-state index contributed by atoms with van der Waals surface area (Å²) in [7, 11) is 0. The highest BCUT2D eigenvalue weighted by Crippen LogP contribution is 2.39. The first-order valence-electron chi connectivity index (χ1n) is 8.38. The van der Waals surface area contributed by atoms with Gasteiger partial charge in [-0.25, -0.2) is 4.79 Å².